The molecule has 2 unspecified atom stereocenters. The van der Waals surface area contributed by atoms with Crippen LogP contribution in [-0.4, -0.2) is 20.6 Å². The number of hydrogen-bond acceptors (Lipinski definition) is 2. The summed E-state index contributed by atoms with van der Waals surface area (Å²) in [6.45, 7) is 1.77. The summed E-state index contributed by atoms with van der Waals surface area (Å²) in [4.78, 5) is 15.2. The van der Waals surface area contributed by atoms with Crippen molar-refractivity contribution < 1.29 is 18.7 Å². The Labute approximate surface area is 125 Å². The number of rotatable bonds is 3. The zero-order chi connectivity index (χ0) is 15.6. The third kappa shape index (κ3) is 1.86. The van der Waals surface area contributed by atoms with Crippen molar-refractivity contribution in [1.29, 1.82) is 0 Å². The highest BCUT2D eigenvalue weighted by atomic mass is 19.2. The number of carboxylic acid groups (broad SMARTS) is 1. The van der Waals surface area contributed by atoms with E-state index in [1.807, 2.05) is 4.57 Å². The first-order chi connectivity index (χ1) is 10.5. The molecule has 22 heavy (non-hydrogen) atoms. The standard InChI is InChI=1S/C16H16F2N2O2/c1-7(16(21)22)15-9-2-8(3-10(9)15)20-6-19-13-4-11(17)12(18)5-14(13)20/h4-10,15H,2-3H2,1H3,(H,21,22)/t7?,8?,9-,10+,15-. The molecule has 0 spiro atoms. The molecular weight excluding hydrogens is 290 g/mol. The van der Waals surface area contributed by atoms with E-state index in [0.717, 1.165) is 18.9 Å². The van der Waals surface area contributed by atoms with Crippen molar-refractivity contribution >= 4 is 17.0 Å². The summed E-state index contributed by atoms with van der Waals surface area (Å²) in [7, 11) is 0. The average molecular weight is 306 g/mol. The Morgan fingerprint density at radius 3 is 2.59 bits per heavy atom. The summed E-state index contributed by atoms with van der Waals surface area (Å²) in [5.74, 6) is -1.67. The fraction of sp³-hybridized carbons (Fsp3) is 0.500. The molecule has 2 saturated carbocycles. The Morgan fingerprint density at radius 1 is 1.32 bits per heavy atom. The number of benzene rings is 1. The molecular formula is C16H16F2N2O2. The number of carbonyl (C=O) groups is 1. The zero-order valence-corrected chi connectivity index (χ0v) is 12.0. The smallest absolute Gasteiger partial charge is 0.306 e. The molecule has 0 aliphatic heterocycles. The number of aromatic nitrogens is 2. The van der Waals surface area contributed by atoms with Crippen LogP contribution in [0.3, 0.4) is 0 Å². The molecule has 116 valence electrons. The molecule has 5 atom stereocenters. The largest absolute Gasteiger partial charge is 0.481 e. The van der Waals surface area contributed by atoms with Gasteiger partial charge in [-0.2, -0.15) is 0 Å². The van der Waals surface area contributed by atoms with Gasteiger partial charge >= 0.3 is 5.97 Å². The molecule has 1 N–H and O–H groups in total. The van der Waals surface area contributed by atoms with E-state index in [4.69, 9.17) is 5.11 Å². The van der Waals surface area contributed by atoms with Gasteiger partial charge in [-0.1, -0.05) is 6.92 Å². The van der Waals surface area contributed by atoms with Crippen LogP contribution in [0.1, 0.15) is 25.8 Å². The van der Waals surface area contributed by atoms with Gasteiger partial charge in [0.05, 0.1) is 23.3 Å². The molecule has 4 nitrogen and oxygen atoms in total. The minimum atomic E-state index is -0.887. The van der Waals surface area contributed by atoms with Crippen LogP contribution in [0.15, 0.2) is 18.5 Å². The van der Waals surface area contributed by atoms with Crippen LogP contribution in [0.4, 0.5) is 8.78 Å². The maximum atomic E-state index is 13.5. The van der Waals surface area contributed by atoms with Crippen LogP contribution in [0.5, 0.6) is 0 Å². The van der Waals surface area contributed by atoms with Gasteiger partial charge in [-0.05, 0) is 30.6 Å². The molecule has 2 aliphatic carbocycles. The van der Waals surface area contributed by atoms with Crippen LogP contribution in [0, 0.1) is 35.3 Å². The van der Waals surface area contributed by atoms with Gasteiger partial charge in [-0.25, -0.2) is 13.8 Å². The molecule has 0 amide bonds. The van der Waals surface area contributed by atoms with Crippen LogP contribution in [-0.2, 0) is 4.79 Å². The lowest BCUT2D eigenvalue weighted by atomic mass is 9.97. The van der Waals surface area contributed by atoms with E-state index >= 15 is 0 Å². The van der Waals surface area contributed by atoms with Crippen LogP contribution in [0.2, 0.25) is 0 Å². The summed E-state index contributed by atoms with van der Waals surface area (Å²) in [6.07, 6.45) is 3.41. The minimum Gasteiger partial charge on any atom is -0.481 e. The lowest BCUT2D eigenvalue weighted by Crippen LogP contribution is -2.17. The highest BCUT2D eigenvalue weighted by Gasteiger charge is 2.59. The fourth-order valence-corrected chi connectivity index (χ4v) is 4.31. The molecule has 0 bridgehead atoms. The first kappa shape index (κ1) is 13.7. The zero-order valence-electron chi connectivity index (χ0n) is 12.0. The second kappa shape index (κ2) is 4.51. The van der Waals surface area contributed by atoms with Gasteiger partial charge in [0.25, 0.3) is 0 Å². The van der Waals surface area contributed by atoms with Crippen molar-refractivity contribution in [1.82, 2.24) is 9.55 Å². The van der Waals surface area contributed by atoms with Crippen molar-refractivity contribution in [3.8, 4) is 0 Å². The van der Waals surface area contributed by atoms with Crippen molar-refractivity contribution in [2.75, 3.05) is 0 Å². The summed E-state index contributed by atoms with van der Waals surface area (Å²) < 4.78 is 28.6. The highest BCUT2D eigenvalue weighted by molar-refractivity contribution is 5.75. The van der Waals surface area contributed by atoms with E-state index < -0.39 is 17.6 Å². The van der Waals surface area contributed by atoms with E-state index in [-0.39, 0.29) is 17.9 Å². The second-order valence-corrected chi connectivity index (χ2v) is 6.56. The average Bonchev–Trinajstić information content (AvgIpc) is 2.84. The Kier molecular flexibility index (Phi) is 2.80. The summed E-state index contributed by atoms with van der Waals surface area (Å²) in [6, 6.07) is 2.51. The van der Waals surface area contributed by atoms with Gasteiger partial charge in [0.15, 0.2) is 11.6 Å². The Morgan fingerprint density at radius 2 is 1.95 bits per heavy atom. The minimum absolute atomic E-state index is 0.196. The van der Waals surface area contributed by atoms with Gasteiger partial charge in [0, 0.05) is 18.2 Å². The van der Waals surface area contributed by atoms with Crippen molar-refractivity contribution in [3.05, 3.63) is 30.1 Å². The predicted molar refractivity (Wildman–Crippen MR) is 75.2 cm³/mol. The first-order valence-corrected chi connectivity index (χ1v) is 7.51. The number of carboxylic acids is 1. The number of halogens is 2. The van der Waals surface area contributed by atoms with Gasteiger partial charge < -0.3 is 9.67 Å². The molecule has 2 aliphatic rings. The summed E-state index contributed by atoms with van der Waals surface area (Å²) in [5, 5.41) is 9.10. The van der Waals surface area contributed by atoms with E-state index in [1.165, 1.54) is 6.07 Å². The Bertz CT molecular complexity index is 761. The molecule has 1 aromatic heterocycles. The van der Waals surface area contributed by atoms with E-state index in [0.29, 0.717) is 22.9 Å². The fourth-order valence-electron chi connectivity index (χ4n) is 4.31. The van der Waals surface area contributed by atoms with Gasteiger partial charge in [0.2, 0.25) is 0 Å². The maximum Gasteiger partial charge on any atom is 0.306 e. The molecule has 6 heteroatoms. The third-order valence-electron chi connectivity index (χ3n) is 5.46. The summed E-state index contributed by atoms with van der Waals surface area (Å²) >= 11 is 0. The molecule has 2 aromatic rings. The molecule has 0 radical (unpaired) electrons. The Hall–Kier alpha value is -1.98. The highest BCUT2D eigenvalue weighted by Crippen LogP contribution is 2.63. The van der Waals surface area contributed by atoms with Crippen molar-refractivity contribution in [2.24, 2.45) is 23.7 Å². The third-order valence-corrected chi connectivity index (χ3v) is 5.46. The topological polar surface area (TPSA) is 55.1 Å². The molecule has 4 rings (SSSR count). The number of imidazole rings is 1. The molecule has 1 aromatic carbocycles. The van der Waals surface area contributed by atoms with Crippen molar-refractivity contribution in [3.63, 3.8) is 0 Å². The van der Waals surface area contributed by atoms with Gasteiger partial charge in [-0.3, -0.25) is 4.79 Å². The number of nitrogens with zero attached hydrogens (tertiary/aromatic N) is 2. The SMILES string of the molecule is CC(C(=O)O)[C@@H]1[C@@H]2CC(n3cnc4cc(F)c(F)cc43)C[C@@H]21. The monoisotopic (exact) mass is 306 g/mol. The van der Waals surface area contributed by atoms with Crippen LogP contribution >= 0.6 is 0 Å². The number of hydrogen-bond donors (Lipinski definition) is 1. The predicted octanol–water partition coefficient (Wildman–Crippen LogP) is 3.23. The van der Waals surface area contributed by atoms with Gasteiger partial charge in [0.1, 0.15) is 0 Å². The summed E-state index contributed by atoms with van der Waals surface area (Å²) in [5.41, 5.74) is 1.06. The first-order valence-electron chi connectivity index (χ1n) is 7.51. The van der Waals surface area contributed by atoms with Crippen LogP contribution in [0.25, 0.3) is 11.0 Å². The Balaban J connectivity index is 1.57. The molecule has 1 heterocycles. The second-order valence-electron chi connectivity index (χ2n) is 6.56. The van der Waals surface area contributed by atoms with E-state index in [1.54, 1.807) is 13.3 Å². The maximum absolute atomic E-state index is 13.5. The molecule has 2 fully saturated rings. The van der Waals surface area contributed by atoms with Gasteiger partial charge in [-0.15, -0.1) is 0 Å². The number of fused-ring (bicyclic) bond motifs is 2. The quantitative estimate of drug-likeness (QED) is 0.947. The van der Waals surface area contributed by atoms with E-state index in [9.17, 15) is 13.6 Å². The lowest BCUT2D eigenvalue weighted by molar-refractivity contribution is -0.142. The van der Waals surface area contributed by atoms with Crippen LogP contribution < -0.4 is 0 Å². The molecule has 0 saturated heterocycles. The number of aliphatic carboxylic acids is 1. The normalized spacial score (nSPS) is 31.2. The lowest BCUT2D eigenvalue weighted by Gasteiger charge is -2.18. The van der Waals surface area contributed by atoms with E-state index in [2.05, 4.69) is 4.98 Å². The van der Waals surface area contributed by atoms with Crippen molar-refractivity contribution in [2.45, 2.75) is 25.8 Å².